The Bertz CT molecular complexity index is 1090. The molecule has 31 heavy (non-hydrogen) atoms. The number of carbonyl (C=O) groups excluding carboxylic acids is 1. The first-order valence-corrected chi connectivity index (χ1v) is 10.1. The number of amides is 1. The molecule has 1 N–H and O–H groups in total. The first-order valence-electron chi connectivity index (χ1n) is 10.1. The summed E-state index contributed by atoms with van der Waals surface area (Å²) in [5.74, 6) is 0.334. The molecule has 1 saturated heterocycles. The van der Waals surface area contributed by atoms with Crippen molar-refractivity contribution in [3.05, 3.63) is 65.6 Å². The van der Waals surface area contributed by atoms with E-state index in [-0.39, 0.29) is 17.2 Å². The van der Waals surface area contributed by atoms with Gasteiger partial charge >= 0.3 is 6.18 Å². The Morgan fingerprint density at radius 2 is 1.87 bits per heavy atom. The lowest BCUT2D eigenvalue weighted by Crippen LogP contribution is -2.31. The zero-order valence-electron chi connectivity index (χ0n) is 17.0. The molecule has 1 fully saturated rings. The average Bonchev–Trinajstić information content (AvgIpc) is 3.16. The zero-order valence-corrected chi connectivity index (χ0v) is 17.0. The molecule has 6 nitrogen and oxygen atoms in total. The Labute approximate surface area is 177 Å². The van der Waals surface area contributed by atoms with E-state index in [0.717, 1.165) is 43.9 Å². The van der Waals surface area contributed by atoms with Crippen LogP contribution >= 0.6 is 0 Å². The van der Waals surface area contributed by atoms with Crippen molar-refractivity contribution in [2.75, 3.05) is 23.3 Å². The van der Waals surface area contributed by atoms with Crippen molar-refractivity contribution >= 4 is 17.4 Å². The highest BCUT2D eigenvalue weighted by Crippen LogP contribution is 2.31. The van der Waals surface area contributed by atoms with E-state index in [4.69, 9.17) is 0 Å². The molecule has 1 aliphatic heterocycles. The third kappa shape index (κ3) is 4.40. The van der Waals surface area contributed by atoms with Gasteiger partial charge in [-0.1, -0.05) is 6.07 Å². The number of halogens is 3. The predicted molar refractivity (Wildman–Crippen MR) is 112 cm³/mol. The van der Waals surface area contributed by atoms with E-state index in [0.29, 0.717) is 11.4 Å². The molecular formula is C22H22F3N5O. The molecule has 3 aromatic rings. The molecule has 9 heteroatoms. The summed E-state index contributed by atoms with van der Waals surface area (Å²) in [6.45, 7) is 3.41. The first kappa shape index (κ1) is 20.9. The van der Waals surface area contributed by atoms with Crippen LogP contribution in [0.15, 0.2) is 48.8 Å². The highest BCUT2D eigenvalue weighted by Gasteiger charge is 2.31. The number of anilines is 2. The molecule has 1 amide bonds. The molecule has 3 heterocycles. The molecule has 0 unspecified atom stereocenters. The van der Waals surface area contributed by atoms with Gasteiger partial charge in [-0.2, -0.15) is 18.3 Å². The number of carbonyl (C=O) groups is 1. The molecule has 0 spiro atoms. The maximum absolute atomic E-state index is 13.0. The van der Waals surface area contributed by atoms with Crippen LogP contribution < -0.4 is 10.2 Å². The molecule has 0 atom stereocenters. The number of pyridine rings is 1. The monoisotopic (exact) mass is 429 g/mol. The van der Waals surface area contributed by atoms with Gasteiger partial charge in [0, 0.05) is 19.3 Å². The second kappa shape index (κ2) is 8.41. The van der Waals surface area contributed by atoms with Gasteiger partial charge in [-0.15, -0.1) is 0 Å². The Balaban J connectivity index is 1.59. The number of nitrogens with zero attached hydrogens (tertiary/aromatic N) is 4. The molecule has 0 saturated carbocycles. The van der Waals surface area contributed by atoms with Crippen LogP contribution in [-0.4, -0.2) is 33.8 Å². The Morgan fingerprint density at radius 3 is 2.61 bits per heavy atom. The van der Waals surface area contributed by atoms with Gasteiger partial charge in [0.15, 0.2) is 5.82 Å². The van der Waals surface area contributed by atoms with E-state index >= 15 is 0 Å². The van der Waals surface area contributed by atoms with Crippen molar-refractivity contribution in [1.82, 2.24) is 14.8 Å². The molecular weight excluding hydrogens is 407 g/mol. The number of piperidine rings is 1. The minimum atomic E-state index is -4.46. The van der Waals surface area contributed by atoms with Crippen LogP contribution in [0.2, 0.25) is 0 Å². The second-order valence-corrected chi connectivity index (χ2v) is 7.48. The molecule has 1 aromatic carbocycles. The molecule has 4 rings (SSSR count). The summed E-state index contributed by atoms with van der Waals surface area (Å²) in [6.07, 6.45) is 1.93. The summed E-state index contributed by atoms with van der Waals surface area (Å²) < 4.78 is 40.5. The topological polar surface area (TPSA) is 63.1 Å². The van der Waals surface area contributed by atoms with Crippen LogP contribution in [0.3, 0.4) is 0 Å². The van der Waals surface area contributed by atoms with Gasteiger partial charge in [0.2, 0.25) is 0 Å². The molecule has 0 aliphatic carbocycles. The van der Waals surface area contributed by atoms with Crippen molar-refractivity contribution < 1.29 is 18.0 Å². The number of hydrogen-bond donors (Lipinski definition) is 1. The van der Waals surface area contributed by atoms with Gasteiger partial charge < -0.3 is 10.2 Å². The lowest BCUT2D eigenvalue weighted by atomic mass is 10.1. The highest BCUT2D eigenvalue weighted by atomic mass is 19.4. The lowest BCUT2D eigenvalue weighted by Gasteiger charge is -2.29. The quantitative estimate of drug-likeness (QED) is 0.645. The maximum Gasteiger partial charge on any atom is 0.416 e. The molecule has 2 aromatic heterocycles. The van der Waals surface area contributed by atoms with Gasteiger partial charge in [0.25, 0.3) is 5.91 Å². The minimum absolute atomic E-state index is 0.238. The van der Waals surface area contributed by atoms with Crippen molar-refractivity contribution in [2.24, 2.45) is 0 Å². The Kier molecular flexibility index (Phi) is 5.67. The Hall–Kier alpha value is -3.36. The molecule has 1 aliphatic rings. The third-order valence-corrected chi connectivity index (χ3v) is 5.36. The van der Waals surface area contributed by atoms with Gasteiger partial charge in [0.1, 0.15) is 0 Å². The van der Waals surface area contributed by atoms with Gasteiger partial charge in [-0.3, -0.25) is 4.79 Å². The number of benzene rings is 1. The summed E-state index contributed by atoms with van der Waals surface area (Å²) in [7, 11) is 0. The predicted octanol–water partition coefficient (Wildman–Crippen LogP) is 4.84. The van der Waals surface area contributed by atoms with Crippen LogP contribution in [-0.2, 0) is 6.18 Å². The number of nitrogens with one attached hydrogen (secondary N) is 1. The normalized spacial score (nSPS) is 14.5. The van der Waals surface area contributed by atoms with Gasteiger partial charge in [-0.25, -0.2) is 9.67 Å². The SMILES string of the molecule is Cc1c(C(=O)Nc2cccnc2N2CCCCC2)cnn1-c1cccc(C(F)(F)F)c1. The summed E-state index contributed by atoms with van der Waals surface area (Å²) >= 11 is 0. The Morgan fingerprint density at radius 1 is 1.10 bits per heavy atom. The van der Waals surface area contributed by atoms with Crippen LogP contribution in [0, 0.1) is 6.92 Å². The summed E-state index contributed by atoms with van der Waals surface area (Å²) in [5, 5.41) is 7.04. The average molecular weight is 429 g/mol. The summed E-state index contributed by atoms with van der Waals surface area (Å²) in [4.78, 5) is 19.5. The van der Waals surface area contributed by atoms with E-state index in [9.17, 15) is 18.0 Å². The fraction of sp³-hybridized carbons (Fsp3) is 0.318. The van der Waals surface area contributed by atoms with E-state index in [1.54, 1.807) is 25.3 Å². The van der Waals surface area contributed by atoms with Crippen LogP contribution in [0.5, 0.6) is 0 Å². The van der Waals surface area contributed by atoms with Crippen LogP contribution in [0.1, 0.15) is 40.9 Å². The summed E-state index contributed by atoms with van der Waals surface area (Å²) in [5.41, 5.74) is 0.793. The molecule has 162 valence electrons. The van der Waals surface area contributed by atoms with Gasteiger partial charge in [-0.05, 0) is 56.5 Å². The van der Waals surface area contributed by atoms with Gasteiger partial charge in [0.05, 0.1) is 34.4 Å². The standard InChI is InChI=1S/C22H22F3N5O/c1-15-18(14-27-30(15)17-8-5-7-16(13-17)22(23,24)25)21(31)28-19-9-6-10-26-20(19)29-11-3-2-4-12-29/h5-10,13-14H,2-4,11-12H2,1H3,(H,28,31). The van der Waals surface area contributed by atoms with Crippen molar-refractivity contribution in [1.29, 1.82) is 0 Å². The van der Waals surface area contributed by atoms with E-state index in [2.05, 4.69) is 20.3 Å². The number of rotatable bonds is 4. The van der Waals surface area contributed by atoms with Crippen LogP contribution in [0.25, 0.3) is 5.69 Å². The maximum atomic E-state index is 13.0. The third-order valence-electron chi connectivity index (χ3n) is 5.36. The number of hydrogen-bond acceptors (Lipinski definition) is 4. The fourth-order valence-corrected chi connectivity index (χ4v) is 3.75. The van der Waals surface area contributed by atoms with Crippen molar-refractivity contribution in [3.63, 3.8) is 0 Å². The number of alkyl halides is 3. The minimum Gasteiger partial charge on any atom is -0.355 e. The first-order chi connectivity index (χ1) is 14.8. The zero-order chi connectivity index (χ0) is 22.0. The van der Waals surface area contributed by atoms with E-state index in [1.165, 1.54) is 29.4 Å². The molecule has 0 bridgehead atoms. The van der Waals surface area contributed by atoms with Crippen molar-refractivity contribution in [2.45, 2.75) is 32.4 Å². The summed E-state index contributed by atoms with van der Waals surface area (Å²) in [6, 6.07) is 8.40. The largest absolute Gasteiger partial charge is 0.416 e. The number of aromatic nitrogens is 3. The molecule has 0 radical (unpaired) electrons. The van der Waals surface area contributed by atoms with E-state index < -0.39 is 11.7 Å². The van der Waals surface area contributed by atoms with E-state index in [1.807, 2.05) is 0 Å². The highest BCUT2D eigenvalue weighted by molar-refractivity contribution is 6.06. The lowest BCUT2D eigenvalue weighted by molar-refractivity contribution is -0.137. The van der Waals surface area contributed by atoms with Crippen LogP contribution in [0.4, 0.5) is 24.7 Å². The fourth-order valence-electron chi connectivity index (χ4n) is 3.75. The second-order valence-electron chi connectivity index (χ2n) is 7.48. The van der Waals surface area contributed by atoms with Crippen molar-refractivity contribution in [3.8, 4) is 5.69 Å². The smallest absolute Gasteiger partial charge is 0.355 e.